The molecule has 0 N–H and O–H groups in total. The highest BCUT2D eigenvalue weighted by atomic mass is 32.1. The van der Waals surface area contributed by atoms with Crippen LogP contribution in [0.5, 0.6) is 0 Å². The maximum Gasteiger partial charge on any atom is 0.223 e. The highest BCUT2D eigenvalue weighted by Crippen LogP contribution is 2.24. The zero-order valence-electron chi connectivity index (χ0n) is 10.7. The lowest BCUT2D eigenvalue weighted by Crippen LogP contribution is -2.40. The van der Waals surface area contributed by atoms with Gasteiger partial charge >= 0.3 is 0 Å². The summed E-state index contributed by atoms with van der Waals surface area (Å²) in [4.78, 5) is 26.9. The van der Waals surface area contributed by atoms with E-state index in [0.29, 0.717) is 6.42 Å². The van der Waals surface area contributed by atoms with Crippen LogP contribution in [0.15, 0.2) is 17.5 Å². The van der Waals surface area contributed by atoms with Crippen LogP contribution >= 0.6 is 11.3 Å². The Morgan fingerprint density at radius 1 is 1.50 bits per heavy atom. The molecule has 1 saturated heterocycles. The number of rotatable bonds is 5. The maximum absolute atomic E-state index is 12.3. The van der Waals surface area contributed by atoms with Gasteiger partial charge in [-0.2, -0.15) is 0 Å². The van der Waals surface area contributed by atoms with Crippen molar-refractivity contribution < 1.29 is 9.59 Å². The SMILES string of the molecule is CCCCC(=O)N1CCCC1C(=O)c1cccs1. The second-order valence-corrected chi connectivity index (χ2v) is 5.64. The normalized spacial score (nSPS) is 19.2. The number of likely N-dealkylation sites (tertiary alicyclic amines) is 1. The first-order valence-electron chi connectivity index (χ1n) is 6.61. The molecule has 3 nitrogen and oxygen atoms in total. The molecule has 1 fully saturated rings. The van der Waals surface area contributed by atoms with Crippen LogP contribution in [-0.2, 0) is 4.79 Å². The van der Waals surface area contributed by atoms with Crippen LogP contribution in [0.4, 0.5) is 0 Å². The van der Waals surface area contributed by atoms with Crippen LogP contribution in [0.25, 0.3) is 0 Å². The quantitative estimate of drug-likeness (QED) is 0.767. The summed E-state index contributed by atoms with van der Waals surface area (Å²) in [7, 11) is 0. The van der Waals surface area contributed by atoms with Gasteiger partial charge in [0.2, 0.25) is 5.91 Å². The Morgan fingerprint density at radius 2 is 2.33 bits per heavy atom. The summed E-state index contributed by atoms with van der Waals surface area (Å²) >= 11 is 1.46. The molecule has 0 saturated carbocycles. The molecule has 2 rings (SSSR count). The second kappa shape index (κ2) is 6.14. The molecule has 0 aromatic carbocycles. The number of unbranched alkanes of at least 4 members (excludes halogenated alkanes) is 1. The molecule has 0 bridgehead atoms. The minimum Gasteiger partial charge on any atom is -0.332 e. The van der Waals surface area contributed by atoms with Crippen LogP contribution in [0.1, 0.15) is 48.7 Å². The summed E-state index contributed by atoms with van der Waals surface area (Å²) < 4.78 is 0. The maximum atomic E-state index is 12.3. The molecule has 1 aliphatic rings. The number of hydrogen-bond acceptors (Lipinski definition) is 3. The van der Waals surface area contributed by atoms with Gasteiger partial charge in [-0.1, -0.05) is 19.4 Å². The first kappa shape index (κ1) is 13.3. The fourth-order valence-electron chi connectivity index (χ4n) is 2.39. The average molecular weight is 265 g/mol. The van der Waals surface area contributed by atoms with E-state index in [9.17, 15) is 9.59 Å². The number of ketones is 1. The highest BCUT2D eigenvalue weighted by molar-refractivity contribution is 7.12. The number of Topliss-reactive ketones (excluding diaryl/α,β-unsaturated/α-hetero) is 1. The molecule has 0 aliphatic carbocycles. The Bertz CT molecular complexity index is 413. The van der Waals surface area contributed by atoms with E-state index >= 15 is 0 Å². The Morgan fingerprint density at radius 3 is 3.00 bits per heavy atom. The summed E-state index contributed by atoms with van der Waals surface area (Å²) in [6, 6.07) is 3.52. The third-order valence-corrected chi connectivity index (χ3v) is 4.27. The third kappa shape index (κ3) is 2.80. The highest BCUT2D eigenvalue weighted by Gasteiger charge is 2.34. The first-order valence-corrected chi connectivity index (χ1v) is 7.49. The predicted molar refractivity (Wildman–Crippen MR) is 72.9 cm³/mol. The summed E-state index contributed by atoms with van der Waals surface area (Å²) in [5.74, 6) is 0.261. The van der Waals surface area contributed by atoms with Gasteiger partial charge in [0.05, 0.1) is 10.9 Å². The second-order valence-electron chi connectivity index (χ2n) is 4.69. The van der Waals surface area contributed by atoms with Crippen molar-refractivity contribution in [3.05, 3.63) is 22.4 Å². The largest absolute Gasteiger partial charge is 0.332 e. The standard InChI is InChI=1S/C14H19NO2S/c1-2-3-8-13(16)15-9-4-6-11(15)14(17)12-7-5-10-18-12/h5,7,10-11H,2-4,6,8-9H2,1H3. The molecule has 18 heavy (non-hydrogen) atoms. The molecular formula is C14H19NO2S. The van der Waals surface area contributed by atoms with Crippen LogP contribution in [0, 0.1) is 0 Å². The number of hydrogen-bond donors (Lipinski definition) is 0. The Hall–Kier alpha value is -1.16. The van der Waals surface area contributed by atoms with Gasteiger partial charge in [-0.15, -0.1) is 11.3 Å². The molecule has 4 heteroatoms. The van der Waals surface area contributed by atoms with Crippen LogP contribution in [-0.4, -0.2) is 29.2 Å². The third-order valence-electron chi connectivity index (χ3n) is 3.38. The van der Waals surface area contributed by atoms with E-state index in [1.54, 1.807) is 4.90 Å². The van der Waals surface area contributed by atoms with Gasteiger partial charge in [-0.05, 0) is 30.7 Å². The molecule has 1 unspecified atom stereocenters. The Labute approximate surface area is 112 Å². The monoisotopic (exact) mass is 265 g/mol. The lowest BCUT2D eigenvalue weighted by Gasteiger charge is -2.23. The summed E-state index contributed by atoms with van der Waals surface area (Å²) in [6.07, 6.45) is 4.26. The van der Waals surface area contributed by atoms with E-state index < -0.39 is 0 Å². The number of amides is 1. The topological polar surface area (TPSA) is 37.4 Å². The first-order chi connectivity index (χ1) is 8.74. The molecule has 1 amide bonds. The van der Waals surface area contributed by atoms with E-state index in [-0.39, 0.29) is 17.7 Å². The lowest BCUT2D eigenvalue weighted by molar-refractivity contribution is -0.131. The molecule has 1 aromatic heterocycles. The average Bonchev–Trinajstić information content (AvgIpc) is 3.04. The van der Waals surface area contributed by atoms with Gasteiger partial charge in [0.15, 0.2) is 5.78 Å². The molecular weight excluding hydrogens is 246 g/mol. The molecule has 98 valence electrons. The van der Waals surface area contributed by atoms with Gasteiger partial charge in [0, 0.05) is 13.0 Å². The molecule has 0 spiro atoms. The van der Waals surface area contributed by atoms with Crippen LogP contribution < -0.4 is 0 Å². The van der Waals surface area contributed by atoms with Crippen molar-refractivity contribution in [1.29, 1.82) is 0 Å². The molecule has 1 atom stereocenters. The zero-order valence-corrected chi connectivity index (χ0v) is 11.5. The van der Waals surface area contributed by atoms with Crippen molar-refractivity contribution >= 4 is 23.0 Å². The Balaban J connectivity index is 2.03. The van der Waals surface area contributed by atoms with Crippen molar-refractivity contribution in [1.82, 2.24) is 4.90 Å². The number of thiophene rings is 1. The van der Waals surface area contributed by atoms with Crippen molar-refractivity contribution in [3.63, 3.8) is 0 Å². The summed E-state index contributed by atoms with van der Waals surface area (Å²) in [5.41, 5.74) is 0. The number of nitrogens with zero attached hydrogens (tertiary/aromatic N) is 1. The lowest BCUT2D eigenvalue weighted by atomic mass is 10.1. The van der Waals surface area contributed by atoms with Gasteiger partial charge in [-0.3, -0.25) is 9.59 Å². The predicted octanol–water partition coefficient (Wildman–Crippen LogP) is 3.11. The van der Waals surface area contributed by atoms with Crippen molar-refractivity contribution in [2.24, 2.45) is 0 Å². The van der Waals surface area contributed by atoms with Crippen molar-refractivity contribution in [2.75, 3.05) is 6.54 Å². The van der Waals surface area contributed by atoms with Crippen molar-refractivity contribution in [3.8, 4) is 0 Å². The van der Waals surface area contributed by atoms with E-state index in [1.165, 1.54) is 11.3 Å². The minimum absolute atomic E-state index is 0.118. The number of carbonyl (C=O) groups excluding carboxylic acids is 2. The van der Waals surface area contributed by atoms with Gasteiger partial charge in [0.1, 0.15) is 0 Å². The van der Waals surface area contributed by atoms with Crippen LogP contribution in [0.3, 0.4) is 0 Å². The summed E-state index contributed by atoms with van der Waals surface area (Å²) in [5, 5.41) is 1.91. The Kier molecular flexibility index (Phi) is 4.53. The smallest absolute Gasteiger partial charge is 0.223 e. The summed E-state index contributed by atoms with van der Waals surface area (Å²) in [6.45, 7) is 2.82. The molecule has 0 radical (unpaired) electrons. The van der Waals surface area contributed by atoms with Crippen molar-refractivity contribution in [2.45, 2.75) is 45.1 Å². The molecule has 1 aromatic rings. The fraction of sp³-hybridized carbons (Fsp3) is 0.571. The minimum atomic E-state index is -0.215. The van der Waals surface area contributed by atoms with Gasteiger partial charge in [0.25, 0.3) is 0 Å². The van der Waals surface area contributed by atoms with E-state index in [0.717, 1.165) is 37.1 Å². The van der Waals surface area contributed by atoms with Gasteiger partial charge in [-0.25, -0.2) is 0 Å². The molecule has 1 aliphatic heterocycles. The molecule has 2 heterocycles. The van der Waals surface area contributed by atoms with Crippen LogP contribution in [0.2, 0.25) is 0 Å². The fourth-order valence-corrected chi connectivity index (χ4v) is 3.11. The number of carbonyl (C=O) groups is 2. The van der Waals surface area contributed by atoms with E-state index in [2.05, 4.69) is 6.92 Å². The van der Waals surface area contributed by atoms with E-state index in [1.807, 2.05) is 17.5 Å². The van der Waals surface area contributed by atoms with Gasteiger partial charge < -0.3 is 4.90 Å². The zero-order chi connectivity index (χ0) is 13.0. The van der Waals surface area contributed by atoms with E-state index in [4.69, 9.17) is 0 Å².